The molecule has 1 aliphatic heterocycles. The number of carbonyl (C=O) groups excluding carboxylic acids is 1. The lowest BCUT2D eigenvalue weighted by Gasteiger charge is -2.19. The molecule has 6 heteroatoms. The van der Waals surface area contributed by atoms with E-state index in [1.54, 1.807) is 18.3 Å². The first-order chi connectivity index (χ1) is 12.5. The SMILES string of the molecule is CC(C)n1c([C@H]2CCN(C(=O)c3ccc(F)cc3)C2)nc2ccncc21. The zero-order valence-corrected chi connectivity index (χ0v) is 14.9. The number of halogens is 1. The predicted molar refractivity (Wildman–Crippen MR) is 97.6 cm³/mol. The van der Waals surface area contributed by atoms with Crippen LogP contribution in [0.15, 0.2) is 42.7 Å². The van der Waals surface area contributed by atoms with E-state index in [1.807, 2.05) is 17.2 Å². The van der Waals surface area contributed by atoms with Crippen LogP contribution in [0.25, 0.3) is 11.0 Å². The van der Waals surface area contributed by atoms with Gasteiger partial charge in [-0.1, -0.05) is 0 Å². The maximum atomic E-state index is 13.1. The van der Waals surface area contributed by atoms with Crippen molar-refractivity contribution in [3.63, 3.8) is 0 Å². The fraction of sp³-hybridized carbons (Fsp3) is 0.350. The number of aromatic nitrogens is 3. The molecule has 1 fully saturated rings. The minimum atomic E-state index is -0.333. The van der Waals surface area contributed by atoms with Gasteiger partial charge in [-0.05, 0) is 50.6 Å². The van der Waals surface area contributed by atoms with Gasteiger partial charge in [0, 0.05) is 36.8 Å². The van der Waals surface area contributed by atoms with Crippen molar-refractivity contribution >= 4 is 16.9 Å². The lowest BCUT2D eigenvalue weighted by atomic mass is 10.1. The number of carbonyl (C=O) groups is 1. The van der Waals surface area contributed by atoms with Crippen molar-refractivity contribution in [1.29, 1.82) is 0 Å². The second-order valence-corrected chi connectivity index (χ2v) is 7.04. The van der Waals surface area contributed by atoms with Crippen LogP contribution >= 0.6 is 0 Å². The summed E-state index contributed by atoms with van der Waals surface area (Å²) in [4.78, 5) is 23.6. The van der Waals surface area contributed by atoms with Crippen molar-refractivity contribution in [2.24, 2.45) is 0 Å². The van der Waals surface area contributed by atoms with Crippen LogP contribution in [0, 0.1) is 5.82 Å². The van der Waals surface area contributed by atoms with Gasteiger partial charge in [0.25, 0.3) is 5.91 Å². The first kappa shape index (κ1) is 16.7. The fourth-order valence-electron chi connectivity index (χ4n) is 3.72. The second-order valence-electron chi connectivity index (χ2n) is 7.04. The quantitative estimate of drug-likeness (QED) is 0.721. The smallest absolute Gasteiger partial charge is 0.253 e. The van der Waals surface area contributed by atoms with Crippen molar-refractivity contribution in [3.8, 4) is 0 Å². The number of hydrogen-bond donors (Lipinski definition) is 0. The molecule has 134 valence electrons. The summed E-state index contributed by atoms with van der Waals surface area (Å²) < 4.78 is 15.3. The molecular weight excluding hydrogens is 331 g/mol. The summed E-state index contributed by atoms with van der Waals surface area (Å²) in [5.41, 5.74) is 2.49. The molecule has 5 nitrogen and oxygen atoms in total. The number of rotatable bonds is 3. The van der Waals surface area contributed by atoms with Crippen LogP contribution in [0.3, 0.4) is 0 Å². The van der Waals surface area contributed by atoms with E-state index in [-0.39, 0.29) is 23.7 Å². The molecule has 3 aromatic rings. The molecule has 26 heavy (non-hydrogen) atoms. The predicted octanol–water partition coefficient (Wildman–Crippen LogP) is 3.78. The Morgan fingerprint density at radius 3 is 2.73 bits per heavy atom. The van der Waals surface area contributed by atoms with E-state index in [0.29, 0.717) is 18.7 Å². The number of pyridine rings is 1. The first-order valence-electron chi connectivity index (χ1n) is 8.91. The number of nitrogens with zero attached hydrogens (tertiary/aromatic N) is 4. The van der Waals surface area contributed by atoms with Crippen LogP contribution in [0.4, 0.5) is 4.39 Å². The van der Waals surface area contributed by atoms with Gasteiger partial charge in [-0.2, -0.15) is 0 Å². The number of fused-ring (bicyclic) bond motifs is 1. The highest BCUT2D eigenvalue weighted by molar-refractivity contribution is 5.94. The molecule has 0 spiro atoms. The van der Waals surface area contributed by atoms with Crippen LogP contribution in [-0.2, 0) is 0 Å². The van der Waals surface area contributed by atoms with Crippen LogP contribution < -0.4 is 0 Å². The number of likely N-dealkylation sites (tertiary alicyclic amines) is 1. The van der Waals surface area contributed by atoms with Gasteiger partial charge >= 0.3 is 0 Å². The highest BCUT2D eigenvalue weighted by Crippen LogP contribution is 2.32. The van der Waals surface area contributed by atoms with Crippen molar-refractivity contribution in [3.05, 3.63) is 59.9 Å². The average Bonchev–Trinajstić information content (AvgIpc) is 3.26. The minimum Gasteiger partial charge on any atom is -0.338 e. The van der Waals surface area contributed by atoms with Crippen LogP contribution in [0.5, 0.6) is 0 Å². The van der Waals surface area contributed by atoms with Crippen molar-refractivity contribution < 1.29 is 9.18 Å². The number of amides is 1. The molecular formula is C20H21FN4O. The highest BCUT2D eigenvalue weighted by Gasteiger charge is 2.31. The third-order valence-corrected chi connectivity index (χ3v) is 4.97. The normalized spacial score (nSPS) is 17.4. The van der Waals surface area contributed by atoms with Gasteiger partial charge in [-0.15, -0.1) is 0 Å². The van der Waals surface area contributed by atoms with Gasteiger partial charge in [0.2, 0.25) is 0 Å². The number of imidazole rings is 1. The van der Waals surface area contributed by atoms with Gasteiger partial charge in [-0.25, -0.2) is 9.37 Å². The average molecular weight is 352 g/mol. The van der Waals surface area contributed by atoms with Gasteiger partial charge in [0.15, 0.2) is 0 Å². The Bertz CT molecular complexity index is 948. The van der Waals surface area contributed by atoms with E-state index in [1.165, 1.54) is 12.1 Å². The minimum absolute atomic E-state index is 0.0543. The Kier molecular flexibility index (Phi) is 4.18. The molecule has 1 aromatic carbocycles. The molecule has 1 amide bonds. The molecule has 3 heterocycles. The summed E-state index contributed by atoms with van der Waals surface area (Å²) in [5, 5.41) is 0. The summed E-state index contributed by atoms with van der Waals surface area (Å²) in [5.74, 6) is 0.813. The summed E-state index contributed by atoms with van der Waals surface area (Å²) in [6, 6.07) is 7.92. The molecule has 1 aliphatic rings. The fourth-order valence-corrected chi connectivity index (χ4v) is 3.72. The maximum absolute atomic E-state index is 13.1. The molecule has 1 saturated heterocycles. The van der Waals surface area contributed by atoms with E-state index < -0.39 is 0 Å². The molecule has 0 aliphatic carbocycles. The molecule has 0 unspecified atom stereocenters. The molecule has 4 rings (SSSR count). The zero-order valence-electron chi connectivity index (χ0n) is 14.9. The molecule has 0 N–H and O–H groups in total. The van der Waals surface area contributed by atoms with Gasteiger partial charge < -0.3 is 9.47 Å². The van der Waals surface area contributed by atoms with Gasteiger partial charge in [-0.3, -0.25) is 9.78 Å². The summed E-state index contributed by atoms with van der Waals surface area (Å²) in [6.45, 7) is 5.57. The monoisotopic (exact) mass is 352 g/mol. The summed E-state index contributed by atoms with van der Waals surface area (Å²) in [7, 11) is 0. The van der Waals surface area contributed by atoms with Gasteiger partial charge in [0.1, 0.15) is 11.6 Å². The summed E-state index contributed by atoms with van der Waals surface area (Å²) >= 11 is 0. The largest absolute Gasteiger partial charge is 0.338 e. The Morgan fingerprint density at radius 1 is 1.23 bits per heavy atom. The van der Waals surface area contributed by atoms with Crippen molar-refractivity contribution in [2.45, 2.75) is 32.2 Å². The molecule has 1 atom stereocenters. The molecule has 2 aromatic heterocycles. The topological polar surface area (TPSA) is 51.0 Å². The molecule has 0 radical (unpaired) electrons. The van der Waals surface area contributed by atoms with Crippen LogP contribution in [0.2, 0.25) is 0 Å². The van der Waals surface area contributed by atoms with E-state index in [2.05, 4.69) is 23.4 Å². The Balaban J connectivity index is 1.61. The molecule has 0 bridgehead atoms. The highest BCUT2D eigenvalue weighted by atomic mass is 19.1. The van der Waals surface area contributed by atoms with Gasteiger partial charge in [0.05, 0.1) is 17.2 Å². The maximum Gasteiger partial charge on any atom is 0.253 e. The Labute approximate surface area is 151 Å². The van der Waals surface area contributed by atoms with E-state index in [4.69, 9.17) is 4.98 Å². The van der Waals surface area contributed by atoms with Crippen molar-refractivity contribution in [2.75, 3.05) is 13.1 Å². The lowest BCUT2D eigenvalue weighted by molar-refractivity contribution is 0.0790. The van der Waals surface area contributed by atoms with Crippen LogP contribution in [0.1, 0.15) is 48.4 Å². The van der Waals surface area contributed by atoms with E-state index in [9.17, 15) is 9.18 Å². The van der Waals surface area contributed by atoms with Crippen LogP contribution in [-0.4, -0.2) is 38.4 Å². The summed E-state index contributed by atoms with van der Waals surface area (Å²) in [6.07, 6.45) is 4.47. The second kappa shape index (κ2) is 6.52. The molecule has 0 saturated carbocycles. The Morgan fingerprint density at radius 2 is 2.00 bits per heavy atom. The third-order valence-electron chi connectivity index (χ3n) is 4.97. The first-order valence-corrected chi connectivity index (χ1v) is 8.91. The zero-order chi connectivity index (χ0) is 18.3. The standard InChI is InChI=1S/C20H21FN4O/c1-13(2)25-18-11-22-9-7-17(18)23-19(25)15-8-10-24(12-15)20(26)14-3-5-16(21)6-4-14/h3-7,9,11,13,15H,8,10,12H2,1-2H3/t15-/m0/s1. The lowest BCUT2D eigenvalue weighted by Crippen LogP contribution is -2.28. The number of benzene rings is 1. The van der Waals surface area contributed by atoms with Crippen molar-refractivity contribution in [1.82, 2.24) is 19.4 Å². The Hall–Kier alpha value is -2.76. The third kappa shape index (κ3) is 2.85. The van der Waals surface area contributed by atoms with E-state index >= 15 is 0 Å². The van der Waals surface area contributed by atoms with E-state index in [0.717, 1.165) is 23.3 Å². The number of hydrogen-bond acceptors (Lipinski definition) is 3.